The van der Waals surface area contributed by atoms with Gasteiger partial charge in [0.25, 0.3) is 0 Å². The van der Waals surface area contributed by atoms with Crippen LogP contribution in [0, 0.1) is 11.8 Å². The van der Waals surface area contributed by atoms with Crippen LogP contribution in [0.3, 0.4) is 0 Å². The van der Waals surface area contributed by atoms with E-state index in [9.17, 15) is 4.79 Å². The largest absolute Gasteiger partial charge is 0.445 e. The summed E-state index contributed by atoms with van der Waals surface area (Å²) in [5.74, 6) is 1.28. The summed E-state index contributed by atoms with van der Waals surface area (Å²) in [6.07, 6.45) is 3.18. The number of nitrogens with one attached hydrogen (secondary N) is 1. The van der Waals surface area contributed by atoms with Crippen molar-refractivity contribution in [2.45, 2.75) is 25.9 Å². The highest BCUT2D eigenvalue weighted by Gasteiger charge is 2.24. The molecule has 2 fully saturated rings. The van der Waals surface area contributed by atoms with Gasteiger partial charge in [0, 0.05) is 19.7 Å². The van der Waals surface area contributed by atoms with Gasteiger partial charge in [-0.05, 0) is 49.8 Å². The van der Waals surface area contributed by atoms with Crippen LogP contribution in [-0.2, 0) is 16.1 Å². The lowest BCUT2D eigenvalue weighted by Crippen LogP contribution is -2.40. The number of likely N-dealkylation sites (tertiary alicyclic amines) is 1. The number of nitrogens with zero attached hydrogens (tertiary/aromatic N) is 1. The summed E-state index contributed by atoms with van der Waals surface area (Å²) >= 11 is 0. The average Bonchev–Trinajstić information content (AvgIpc) is 3.13. The summed E-state index contributed by atoms with van der Waals surface area (Å²) in [4.78, 5) is 14.3. The van der Waals surface area contributed by atoms with E-state index in [0.717, 1.165) is 44.7 Å². The lowest BCUT2D eigenvalue weighted by atomic mass is 9.96. The van der Waals surface area contributed by atoms with Gasteiger partial charge in [-0.15, -0.1) is 0 Å². The van der Waals surface area contributed by atoms with Gasteiger partial charge < -0.3 is 19.7 Å². The predicted molar refractivity (Wildman–Crippen MR) is 92.7 cm³/mol. The van der Waals surface area contributed by atoms with Crippen molar-refractivity contribution in [1.82, 2.24) is 10.2 Å². The van der Waals surface area contributed by atoms with E-state index in [2.05, 4.69) is 10.2 Å². The molecule has 0 aliphatic carbocycles. The van der Waals surface area contributed by atoms with Crippen LogP contribution in [0.5, 0.6) is 0 Å². The highest BCUT2D eigenvalue weighted by molar-refractivity contribution is 5.67. The third-order valence-corrected chi connectivity index (χ3v) is 5.00. The number of benzene rings is 1. The highest BCUT2D eigenvalue weighted by Crippen LogP contribution is 2.20. The molecule has 0 aromatic heterocycles. The van der Waals surface area contributed by atoms with E-state index in [0.29, 0.717) is 25.0 Å². The zero-order valence-electron chi connectivity index (χ0n) is 14.3. The molecule has 3 rings (SSSR count). The van der Waals surface area contributed by atoms with Crippen molar-refractivity contribution in [1.29, 1.82) is 0 Å². The molecule has 0 radical (unpaired) electrons. The maximum atomic E-state index is 11.8. The van der Waals surface area contributed by atoms with Gasteiger partial charge in [-0.1, -0.05) is 30.3 Å². The van der Waals surface area contributed by atoms with Gasteiger partial charge in [0.15, 0.2) is 0 Å². The molecule has 132 valence electrons. The second kappa shape index (κ2) is 9.04. The van der Waals surface area contributed by atoms with E-state index in [-0.39, 0.29) is 6.09 Å². The molecule has 1 N–H and O–H groups in total. The first-order valence-corrected chi connectivity index (χ1v) is 9.04. The van der Waals surface area contributed by atoms with E-state index in [1.165, 1.54) is 13.0 Å². The average molecular weight is 332 g/mol. The zero-order valence-corrected chi connectivity index (χ0v) is 14.3. The van der Waals surface area contributed by atoms with E-state index >= 15 is 0 Å². The first-order valence-electron chi connectivity index (χ1n) is 9.04. The van der Waals surface area contributed by atoms with Gasteiger partial charge >= 0.3 is 6.09 Å². The number of piperidine rings is 1. The summed E-state index contributed by atoms with van der Waals surface area (Å²) in [5.41, 5.74) is 1.01. The topological polar surface area (TPSA) is 50.8 Å². The lowest BCUT2D eigenvalue weighted by Gasteiger charge is -2.33. The molecule has 1 atom stereocenters. The van der Waals surface area contributed by atoms with E-state index in [1.54, 1.807) is 0 Å². The third kappa shape index (κ3) is 5.49. The maximum absolute atomic E-state index is 11.8. The van der Waals surface area contributed by atoms with Crippen molar-refractivity contribution in [2.75, 3.05) is 39.4 Å². The van der Waals surface area contributed by atoms with Crippen molar-refractivity contribution in [2.24, 2.45) is 11.8 Å². The lowest BCUT2D eigenvalue weighted by molar-refractivity contribution is 0.126. The number of amides is 1. The molecule has 1 aromatic rings. The molecule has 5 nitrogen and oxygen atoms in total. The van der Waals surface area contributed by atoms with Crippen molar-refractivity contribution in [3.05, 3.63) is 35.9 Å². The molecular formula is C19H28N2O3. The van der Waals surface area contributed by atoms with Gasteiger partial charge in [0.2, 0.25) is 0 Å². The smallest absolute Gasteiger partial charge is 0.407 e. The van der Waals surface area contributed by atoms with Crippen LogP contribution in [0.15, 0.2) is 30.3 Å². The Balaban J connectivity index is 1.28. The summed E-state index contributed by atoms with van der Waals surface area (Å²) in [5, 5.41) is 2.91. The van der Waals surface area contributed by atoms with Crippen LogP contribution in [0.25, 0.3) is 0 Å². The Morgan fingerprint density at radius 2 is 1.96 bits per heavy atom. The van der Waals surface area contributed by atoms with Gasteiger partial charge in [0.1, 0.15) is 6.61 Å². The van der Waals surface area contributed by atoms with Crippen LogP contribution >= 0.6 is 0 Å². The fraction of sp³-hybridized carbons (Fsp3) is 0.632. The number of hydrogen-bond acceptors (Lipinski definition) is 4. The summed E-state index contributed by atoms with van der Waals surface area (Å²) in [7, 11) is 0. The Morgan fingerprint density at radius 1 is 1.17 bits per heavy atom. The van der Waals surface area contributed by atoms with Crippen LogP contribution in [0.1, 0.15) is 24.8 Å². The van der Waals surface area contributed by atoms with Crippen molar-refractivity contribution in [3.63, 3.8) is 0 Å². The molecule has 0 unspecified atom stereocenters. The Labute approximate surface area is 144 Å². The normalized spacial score (nSPS) is 22.4. The molecule has 24 heavy (non-hydrogen) atoms. The van der Waals surface area contributed by atoms with E-state index in [4.69, 9.17) is 9.47 Å². The second-order valence-electron chi connectivity index (χ2n) is 6.92. The number of carbonyl (C=O) groups is 1. The van der Waals surface area contributed by atoms with Crippen molar-refractivity contribution < 1.29 is 14.3 Å². The molecule has 2 aliphatic heterocycles. The molecule has 0 spiro atoms. The first-order chi connectivity index (χ1) is 11.8. The Morgan fingerprint density at radius 3 is 2.67 bits per heavy atom. The second-order valence-corrected chi connectivity index (χ2v) is 6.92. The number of hydrogen-bond donors (Lipinski definition) is 1. The third-order valence-electron chi connectivity index (χ3n) is 5.00. The van der Waals surface area contributed by atoms with Gasteiger partial charge in [-0.2, -0.15) is 0 Å². The van der Waals surface area contributed by atoms with E-state index in [1.807, 2.05) is 30.3 Å². The van der Waals surface area contributed by atoms with Crippen molar-refractivity contribution >= 4 is 6.09 Å². The van der Waals surface area contributed by atoms with Gasteiger partial charge in [-0.25, -0.2) is 4.79 Å². The SMILES string of the molecule is O=C(NCC1CCN(C[C@@H]2CCOC2)CC1)OCc1ccccc1. The van der Waals surface area contributed by atoms with E-state index < -0.39 is 0 Å². The molecular weight excluding hydrogens is 304 g/mol. The number of ether oxygens (including phenoxy) is 2. The van der Waals surface area contributed by atoms with Crippen LogP contribution in [0.2, 0.25) is 0 Å². The minimum atomic E-state index is -0.315. The zero-order chi connectivity index (χ0) is 16.6. The molecule has 2 heterocycles. The summed E-state index contributed by atoms with van der Waals surface area (Å²) in [6, 6.07) is 9.76. The standard InChI is InChI=1S/C19H28N2O3/c22-19(24-15-17-4-2-1-3-5-17)20-12-16-6-9-21(10-7-16)13-18-8-11-23-14-18/h1-5,16,18H,6-15H2,(H,20,22)/t18-/m0/s1. The summed E-state index contributed by atoms with van der Waals surface area (Å²) in [6.45, 7) is 6.32. The van der Waals surface area contributed by atoms with Gasteiger partial charge in [-0.3, -0.25) is 0 Å². The molecule has 1 amide bonds. The quantitative estimate of drug-likeness (QED) is 0.870. The Hall–Kier alpha value is -1.59. The molecule has 1 aromatic carbocycles. The van der Waals surface area contributed by atoms with Crippen LogP contribution in [-0.4, -0.2) is 50.4 Å². The summed E-state index contributed by atoms with van der Waals surface area (Å²) < 4.78 is 10.7. The number of rotatable bonds is 6. The Bertz CT molecular complexity index is 495. The fourth-order valence-electron chi connectivity index (χ4n) is 3.47. The molecule has 0 bridgehead atoms. The molecule has 2 saturated heterocycles. The highest BCUT2D eigenvalue weighted by atomic mass is 16.5. The monoisotopic (exact) mass is 332 g/mol. The predicted octanol–water partition coefficient (Wildman–Crippen LogP) is 2.66. The van der Waals surface area contributed by atoms with Crippen LogP contribution in [0.4, 0.5) is 4.79 Å². The first kappa shape index (κ1) is 17.2. The molecule has 0 saturated carbocycles. The molecule has 2 aliphatic rings. The minimum absolute atomic E-state index is 0.315. The minimum Gasteiger partial charge on any atom is -0.445 e. The molecule has 5 heteroatoms. The maximum Gasteiger partial charge on any atom is 0.407 e. The number of carbonyl (C=O) groups excluding carboxylic acids is 1. The fourth-order valence-corrected chi connectivity index (χ4v) is 3.47. The van der Waals surface area contributed by atoms with Crippen LogP contribution < -0.4 is 5.32 Å². The van der Waals surface area contributed by atoms with Crippen molar-refractivity contribution in [3.8, 4) is 0 Å². The number of alkyl carbamates (subject to hydrolysis) is 1. The van der Waals surface area contributed by atoms with Gasteiger partial charge in [0.05, 0.1) is 6.61 Å². The Kier molecular flexibility index (Phi) is 6.49.